The fraction of sp³-hybridized carbons (Fsp3) is 0.385. The molecule has 0 atom stereocenters. The lowest BCUT2D eigenvalue weighted by atomic mass is 10.2. The smallest absolute Gasteiger partial charge is 0.143 e. The second-order valence-corrected chi connectivity index (χ2v) is 3.70. The van der Waals surface area contributed by atoms with E-state index in [4.69, 9.17) is 21.1 Å². The van der Waals surface area contributed by atoms with Gasteiger partial charge in [0.05, 0.1) is 24.9 Å². The van der Waals surface area contributed by atoms with Gasteiger partial charge in [-0.1, -0.05) is 11.6 Å². The molecular formula is C13H16ClNO2. The van der Waals surface area contributed by atoms with Gasteiger partial charge in [0.1, 0.15) is 11.5 Å². The topological polar surface area (TPSA) is 30.5 Å². The summed E-state index contributed by atoms with van der Waals surface area (Å²) in [6.45, 7) is 2.58. The Bertz CT molecular complexity index is 435. The number of ether oxygens (including phenoxy) is 2. The predicted molar refractivity (Wildman–Crippen MR) is 71.1 cm³/mol. The summed E-state index contributed by atoms with van der Waals surface area (Å²) in [6.07, 6.45) is 0.782. The van der Waals surface area contributed by atoms with Gasteiger partial charge in [0, 0.05) is 25.1 Å². The highest BCUT2D eigenvalue weighted by atomic mass is 35.5. The van der Waals surface area contributed by atoms with E-state index in [0.29, 0.717) is 16.5 Å². The van der Waals surface area contributed by atoms with E-state index in [-0.39, 0.29) is 0 Å². The maximum atomic E-state index is 6.01. The van der Waals surface area contributed by atoms with Crippen molar-refractivity contribution in [2.45, 2.75) is 13.3 Å². The lowest BCUT2D eigenvalue weighted by molar-refractivity contribution is 0.404. The third-order valence-corrected chi connectivity index (χ3v) is 2.51. The van der Waals surface area contributed by atoms with E-state index in [2.05, 4.69) is 17.2 Å². The molecule has 0 heterocycles. The van der Waals surface area contributed by atoms with Crippen LogP contribution in [-0.2, 0) is 0 Å². The van der Waals surface area contributed by atoms with Crippen molar-refractivity contribution in [3.05, 3.63) is 17.2 Å². The first-order valence-corrected chi connectivity index (χ1v) is 5.65. The molecule has 1 aromatic rings. The molecule has 0 amide bonds. The lowest BCUT2D eigenvalue weighted by Crippen LogP contribution is -2.03. The molecule has 92 valence electrons. The highest BCUT2D eigenvalue weighted by Gasteiger charge is 2.08. The molecule has 0 aliphatic carbocycles. The summed E-state index contributed by atoms with van der Waals surface area (Å²) >= 11 is 6.01. The van der Waals surface area contributed by atoms with Crippen molar-refractivity contribution in [2.24, 2.45) is 0 Å². The predicted octanol–water partition coefficient (Wildman–Crippen LogP) is 3.18. The van der Waals surface area contributed by atoms with Crippen molar-refractivity contribution in [1.29, 1.82) is 0 Å². The first-order valence-electron chi connectivity index (χ1n) is 5.28. The molecule has 0 aliphatic heterocycles. The molecule has 0 saturated heterocycles. The van der Waals surface area contributed by atoms with Crippen LogP contribution in [0.2, 0.25) is 5.02 Å². The minimum absolute atomic E-state index is 0.531. The van der Waals surface area contributed by atoms with E-state index in [0.717, 1.165) is 18.7 Å². The summed E-state index contributed by atoms with van der Waals surface area (Å²) in [5.41, 5.74) is 0.853. The second kappa shape index (κ2) is 6.93. The van der Waals surface area contributed by atoms with Gasteiger partial charge in [-0.25, -0.2) is 0 Å². The second-order valence-electron chi connectivity index (χ2n) is 3.29. The van der Waals surface area contributed by atoms with Crippen LogP contribution in [-0.4, -0.2) is 20.8 Å². The summed E-state index contributed by atoms with van der Waals surface area (Å²) in [4.78, 5) is 0. The van der Waals surface area contributed by atoms with Crippen molar-refractivity contribution in [3.8, 4) is 23.3 Å². The van der Waals surface area contributed by atoms with E-state index >= 15 is 0 Å². The fourth-order valence-corrected chi connectivity index (χ4v) is 1.61. The van der Waals surface area contributed by atoms with Crippen LogP contribution >= 0.6 is 11.6 Å². The van der Waals surface area contributed by atoms with Crippen LogP contribution in [0.5, 0.6) is 11.5 Å². The monoisotopic (exact) mass is 253 g/mol. The van der Waals surface area contributed by atoms with Gasteiger partial charge in [-0.3, -0.25) is 0 Å². The molecule has 0 spiro atoms. The van der Waals surface area contributed by atoms with Crippen LogP contribution in [0.15, 0.2) is 12.1 Å². The molecule has 0 unspecified atom stereocenters. The summed E-state index contributed by atoms with van der Waals surface area (Å²) in [5, 5.41) is 3.77. The molecule has 0 saturated carbocycles. The Morgan fingerprint density at radius 3 is 2.53 bits per heavy atom. The number of nitrogens with one attached hydrogen (secondary N) is 1. The summed E-state index contributed by atoms with van der Waals surface area (Å²) in [6, 6.07) is 3.55. The summed E-state index contributed by atoms with van der Waals surface area (Å²) < 4.78 is 10.4. The maximum absolute atomic E-state index is 6.01. The summed E-state index contributed by atoms with van der Waals surface area (Å²) in [5.74, 6) is 7.15. The van der Waals surface area contributed by atoms with Crippen molar-refractivity contribution in [2.75, 3.05) is 26.1 Å². The Morgan fingerprint density at radius 1 is 1.24 bits per heavy atom. The minimum atomic E-state index is 0.531. The molecule has 17 heavy (non-hydrogen) atoms. The van der Waals surface area contributed by atoms with Crippen LogP contribution in [0.3, 0.4) is 0 Å². The molecule has 0 aliphatic rings. The molecular weight excluding hydrogens is 238 g/mol. The Labute approximate surface area is 107 Å². The SMILES string of the molecule is CC#CCCNc1cc(OC)c(Cl)cc1OC. The van der Waals surface area contributed by atoms with Crippen molar-refractivity contribution < 1.29 is 9.47 Å². The van der Waals surface area contributed by atoms with Gasteiger partial charge >= 0.3 is 0 Å². The Morgan fingerprint density at radius 2 is 1.94 bits per heavy atom. The van der Waals surface area contributed by atoms with Crippen LogP contribution in [0.4, 0.5) is 5.69 Å². The van der Waals surface area contributed by atoms with Gasteiger partial charge in [-0.05, 0) is 6.92 Å². The van der Waals surface area contributed by atoms with Crippen molar-refractivity contribution >= 4 is 17.3 Å². The average Bonchev–Trinajstić information content (AvgIpc) is 2.35. The molecule has 0 radical (unpaired) electrons. The molecule has 1 rings (SSSR count). The number of methoxy groups -OCH3 is 2. The number of benzene rings is 1. The van der Waals surface area contributed by atoms with E-state index in [1.807, 2.05) is 13.0 Å². The molecule has 1 N–H and O–H groups in total. The van der Waals surface area contributed by atoms with Crippen molar-refractivity contribution in [1.82, 2.24) is 0 Å². The first-order chi connectivity index (χ1) is 8.22. The molecule has 3 nitrogen and oxygen atoms in total. The van der Waals surface area contributed by atoms with Crippen molar-refractivity contribution in [3.63, 3.8) is 0 Å². The molecule has 0 fully saturated rings. The number of rotatable bonds is 5. The Hall–Kier alpha value is -1.53. The third kappa shape index (κ3) is 3.76. The number of hydrogen-bond acceptors (Lipinski definition) is 3. The van der Waals surface area contributed by atoms with Gasteiger partial charge < -0.3 is 14.8 Å². The molecule has 1 aromatic carbocycles. The zero-order valence-electron chi connectivity index (χ0n) is 10.3. The van der Waals surface area contributed by atoms with Crippen LogP contribution in [0.25, 0.3) is 0 Å². The highest BCUT2D eigenvalue weighted by molar-refractivity contribution is 6.32. The number of anilines is 1. The minimum Gasteiger partial charge on any atom is -0.495 e. The quantitative estimate of drug-likeness (QED) is 0.646. The number of halogens is 1. The van der Waals surface area contributed by atoms with E-state index in [1.54, 1.807) is 20.3 Å². The van der Waals surface area contributed by atoms with E-state index in [1.165, 1.54) is 0 Å². The zero-order valence-corrected chi connectivity index (χ0v) is 11.0. The first kappa shape index (κ1) is 13.5. The molecule has 0 bridgehead atoms. The van der Waals surface area contributed by atoms with Gasteiger partial charge in [0.15, 0.2) is 0 Å². The lowest BCUT2D eigenvalue weighted by Gasteiger charge is -2.13. The highest BCUT2D eigenvalue weighted by Crippen LogP contribution is 2.35. The molecule has 4 heteroatoms. The van der Waals surface area contributed by atoms with E-state index in [9.17, 15) is 0 Å². The average molecular weight is 254 g/mol. The third-order valence-electron chi connectivity index (χ3n) is 2.22. The largest absolute Gasteiger partial charge is 0.495 e. The van der Waals surface area contributed by atoms with E-state index < -0.39 is 0 Å². The van der Waals surface area contributed by atoms with Crippen LogP contribution < -0.4 is 14.8 Å². The van der Waals surface area contributed by atoms with Crippen LogP contribution in [0, 0.1) is 11.8 Å². The standard InChI is InChI=1S/C13H16ClNO2/c1-4-5-6-7-15-11-9-12(16-2)10(14)8-13(11)17-3/h8-9,15H,6-7H2,1-3H3. The molecule has 0 aromatic heterocycles. The van der Waals surface area contributed by atoms with Gasteiger partial charge in [0.25, 0.3) is 0 Å². The summed E-state index contributed by atoms with van der Waals surface area (Å²) in [7, 11) is 3.19. The Kier molecular flexibility index (Phi) is 5.51. The normalized spacial score (nSPS) is 9.18. The Balaban J connectivity index is 2.83. The van der Waals surface area contributed by atoms with Gasteiger partial charge in [0.2, 0.25) is 0 Å². The maximum Gasteiger partial charge on any atom is 0.143 e. The fourth-order valence-electron chi connectivity index (χ4n) is 1.38. The number of hydrogen-bond donors (Lipinski definition) is 1. The van der Waals surface area contributed by atoms with Crippen LogP contribution in [0.1, 0.15) is 13.3 Å². The zero-order chi connectivity index (χ0) is 12.7. The van der Waals surface area contributed by atoms with Gasteiger partial charge in [-0.2, -0.15) is 0 Å². The van der Waals surface area contributed by atoms with Gasteiger partial charge in [-0.15, -0.1) is 11.8 Å².